The maximum atomic E-state index is 14.3. The Labute approximate surface area is 145 Å². The first-order valence-corrected chi connectivity index (χ1v) is 7.57. The molecular formula is C14H15ClFN5O4. The van der Waals surface area contributed by atoms with Crippen LogP contribution in [-0.2, 0) is 4.74 Å². The van der Waals surface area contributed by atoms with Gasteiger partial charge in [-0.2, -0.15) is 4.98 Å². The van der Waals surface area contributed by atoms with E-state index in [4.69, 9.17) is 27.8 Å². The molecule has 2 aromatic heterocycles. The Hall–Kier alpha value is -2.16. The third-order valence-electron chi connectivity index (χ3n) is 4.14. The van der Waals surface area contributed by atoms with Crippen LogP contribution in [0.4, 0.5) is 10.3 Å². The Balaban J connectivity index is 2.25. The van der Waals surface area contributed by atoms with Crippen molar-refractivity contribution < 1.29 is 19.3 Å². The molecule has 1 aliphatic rings. The van der Waals surface area contributed by atoms with Gasteiger partial charge in [0.05, 0.1) is 6.10 Å². The van der Waals surface area contributed by atoms with Crippen LogP contribution in [0.25, 0.3) is 11.0 Å². The number of hydrogen-bond acceptors (Lipinski definition) is 7. The second kappa shape index (κ2) is 5.98. The van der Waals surface area contributed by atoms with Gasteiger partial charge in [0.15, 0.2) is 23.2 Å². The van der Waals surface area contributed by atoms with E-state index in [1.807, 2.05) is 0 Å². The van der Waals surface area contributed by atoms with Crippen molar-refractivity contribution in [2.45, 2.75) is 37.0 Å². The first kappa shape index (κ1) is 17.7. The van der Waals surface area contributed by atoms with Gasteiger partial charge in [-0.05, 0) is 18.5 Å². The largest absolute Gasteiger partial charge is 0.391 e. The number of aliphatic hydroxyl groups excluding tert-OH is 2. The number of ether oxygens (including phenoxy) is 1. The van der Waals surface area contributed by atoms with Gasteiger partial charge >= 0.3 is 0 Å². The van der Waals surface area contributed by atoms with Crippen molar-refractivity contribution in [1.82, 2.24) is 14.5 Å². The Morgan fingerprint density at radius 2 is 2.32 bits per heavy atom. The molecule has 3 heterocycles. The van der Waals surface area contributed by atoms with E-state index in [9.17, 15) is 19.4 Å². The van der Waals surface area contributed by atoms with E-state index < -0.39 is 41.5 Å². The molecule has 9 nitrogen and oxygen atoms in total. The van der Waals surface area contributed by atoms with Crippen LogP contribution in [-0.4, -0.2) is 48.6 Å². The standard InChI is InChI=1S/C14H15ClFN5O4/c1-5(22)8-9(23)14(18,2-3-15)12(25-8)21-4-6(16)7-10(21)19-13(17)20-11(7)24/h4-5,8-9,12,22-23H,18H2,1H3,(H3,17,19,20,24)/t5-,8+,9?,12+,14+/m0/s1. The molecule has 2 aromatic rings. The second-order valence-corrected chi connectivity index (χ2v) is 6.01. The summed E-state index contributed by atoms with van der Waals surface area (Å²) in [5.74, 6) is 1.30. The maximum absolute atomic E-state index is 14.3. The molecule has 0 aromatic carbocycles. The SMILES string of the molecule is C[C@H](O)[C@H]1O[C@@H](n2cc(F)c3c(=O)[nH]c(N)nc32)[C@@](N)(C#CCl)C1O. The zero-order valence-electron chi connectivity index (χ0n) is 12.9. The van der Waals surface area contributed by atoms with Gasteiger partial charge < -0.3 is 26.4 Å². The highest BCUT2D eigenvalue weighted by Gasteiger charge is 2.56. The summed E-state index contributed by atoms with van der Waals surface area (Å²) in [5.41, 5.74) is 8.96. The maximum Gasteiger partial charge on any atom is 0.264 e. The monoisotopic (exact) mass is 371 g/mol. The Morgan fingerprint density at radius 1 is 1.64 bits per heavy atom. The number of nitrogens with one attached hydrogen (secondary N) is 1. The van der Waals surface area contributed by atoms with Crippen molar-refractivity contribution in [3.8, 4) is 11.3 Å². The van der Waals surface area contributed by atoms with Crippen molar-refractivity contribution >= 4 is 28.6 Å². The summed E-state index contributed by atoms with van der Waals surface area (Å²) in [6.45, 7) is 1.39. The Bertz CT molecular complexity index is 948. The van der Waals surface area contributed by atoms with Crippen molar-refractivity contribution in [3.63, 3.8) is 0 Å². The number of fused-ring (bicyclic) bond motifs is 1. The number of hydrogen-bond donors (Lipinski definition) is 5. The lowest BCUT2D eigenvalue weighted by molar-refractivity contribution is -0.0756. The van der Waals surface area contributed by atoms with Crippen LogP contribution in [0.5, 0.6) is 0 Å². The zero-order chi connectivity index (χ0) is 18.5. The predicted octanol–water partition coefficient (Wildman–Crippen LogP) is -1.02. The molecule has 11 heteroatoms. The molecule has 7 N–H and O–H groups in total. The van der Waals surface area contributed by atoms with E-state index in [2.05, 4.69) is 21.3 Å². The number of nitrogen functional groups attached to an aromatic ring is 1. The van der Waals surface area contributed by atoms with Crippen LogP contribution >= 0.6 is 11.6 Å². The van der Waals surface area contributed by atoms with E-state index >= 15 is 0 Å². The van der Waals surface area contributed by atoms with E-state index in [0.717, 1.165) is 10.8 Å². The lowest BCUT2D eigenvalue weighted by Gasteiger charge is -2.27. The molecule has 0 bridgehead atoms. The van der Waals surface area contributed by atoms with Gasteiger partial charge in [0.1, 0.15) is 17.6 Å². The Morgan fingerprint density at radius 3 is 2.92 bits per heavy atom. The minimum Gasteiger partial charge on any atom is -0.391 e. The number of rotatable bonds is 2. The van der Waals surface area contributed by atoms with Gasteiger partial charge in [-0.15, -0.1) is 0 Å². The summed E-state index contributed by atoms with van der Waals surface area (Å²) < 4.78 is 21.0. The highest BCUT2D eigenvalue weighted by Crippen LogP contribution is 2.39. The fraction of sp³-hybridized carbons (Fsp3) is 0.429. The van der Waals surface area contributed by atoms with E-state index in [1.54, 1.807) is 0 Å². The van der Waals surface area contributed by atoms with Gasteiger partial charge in [-0.25, -0.2) is 4.39 Å². The lowest BCUT2D eigenvalue weighted by atomic mass is 9.90. The van der Waals surface area contributed by atoms with Gasteiger partial charge in [-0.3, -0.25) is 14.3 Å². The topological polar surface area (TPSA) is 152 Å². The molecule has 0 amide bonds. The normalized spacial score (nSPS) is 30.2. The van der Waals surface area contributed by atoms with Crippen LogP contribution in [0.3, 0.4) is 0 Å². The van der Waals surface area contributed by atoms with Crippen LogP contribution in [0.15, 0.2) is 11.0 Å². The summed E-state index contributed by atoms with van der Waals surface area (Å²) in [7, 11) is 0. The van der Waals surface area contributed by atoms with Crippen molar-refractivity contribution in [2.75, 3.05) is 5.73 Å². The number of nitrogens with two attached hydrogens (primary N) is 2. The molecular weight excluding hydrogens is 357 g/mol. The van der Waals surface area contributed by atoms with E-state index in [1.165, 1.54) is 6.92 Å². The number of anilines is 1. The summed E-state index contributed by atoms with van der Waals surface area (Å²) in [4.78, 5) is 18.0. The number of aromatic nitrogens is 3. The summed E-state index contributed by atoms with van der Waals surface area (Å²) >= 11 is 5.45. The van der Waals surface area contributed by atoms with Crippen LogP contribution in [0.1, 0.15) is 13.2 Å². The summed E-state index contributed by atoms with van der Waals surface area (Å²) in [6, 6.07) is 0. The molecule has 5 atom stereocenters. The Kier molecular flexibility index (Phi) is 4.22. The van der Waals surface area contributed by atoms with Gasteiger partial charge in [0, 0.05) is 11.6 Å². The molecule has 0 aliphatic carbocycles. The van der Waals surface area contributed by atoms with Crippen LogP contribution < -0.4 is 17.0 Å². The second-order valence-electron chi connectivity index (χ2n) is 5.83. The van der Waals surface area contributed by atoms with Crippen molar-refractivity contribution in [3.05, 3.63) is 22.4 Å². The average molecular weight is 372 g/mol. The highest BCUT2D eigenvalue weighted by atomic mass is 35.5. The molecule has 3 rings (SSSR count). The molecule has 0 spiro atoms. The predicted molar refractivity (Wildman–Crippen MR) is 86.9 cm³/mol. The van der Waals surface area contributed by atoms with Crippen LogP contribution in [0, 0.1) is 17.1 Å². The fourth-order valence-corrected chi connectivity index (χ4v) is 3.12. The van der Waals surface area contributed by atoms with Crippen LogP contribution in [0.2, 0.25) is 0 Å². The quantitative estimate of drug-likeness (QED) is 0.424. The number of halogens is 2. The zero-order valence-corrected chi connectivity index (χ0v) is 13.7. The number of nitrogens with zero attached hydrogens (tertiary/aromatic N) is 2. The number of aliphatic hydroxyl groups is 2. The van der Waals surface area contributed by atoms with Gasteiger partial charge in [0.25, 0.3) is 5.56 Å². The number of H-pyrrole nitrogens is 1. The van der Waals surface area contributed by atoms with Crippen molar-refractivity contribution in [2.24, 2.45) is 5.73 Å². The first-order valence-electron chi connectivity index (χ1n) is 7.19. The smallest absolute Gasteiger partial charge is 0.264 e. The number of aromatic amines is 1. The molecule has 134 valence electrons. The molecule has 0 radical (unpaired) electrons. The summed E-state index contributed by atoms with van der Waals surface area (Å²) in [6.07, 6.45) is -4.01. The highest BCUT2D eigenvalue weighted by molar-refractivity contribution is 6.30. The van der Waals surface area contributed by atoms with E-state index in [0.29, 0.717) is 0 Å². The lowest BCUT2D eigenvalue weighted by Crippen LogP contribution is -2.54. The van der Waals surface area contributed by atoms with E-state index in [-0.39, 0.29) is 17.0 Å². The fourth-order valence-electron chi connectivity index (χ4n) is 2.95. The third-order valence-corrected chi connectivity index (χ3v) is 4.24. The molecule has 1 saturated heterocycles. The van der Waals surface area contributed by atoms with Gasteiger partial charge in [-0.1, -0.05) is 5.92 Å². The average Bonchev–Trinajstić information content (AvgIpc) is 2.96. The molecule has 1 unspecified atom stereocenters. The molecule has 1 aliphatic heterocycles. The third kappa shape index (κ3) is 2.57. The van der Waals surface area contributed by atoms with Gasteiger partial charge in [0.2, 0.25) is 5.95 Å². The molecule has 25 heavy (non-hydrogen) atoms. The minimum absolute atomic E-state index is 0.145. The summed E-state index contributed by atoms with van der Waals surface area (Å²) in [5, 5.41) is 22.0. The first-order chi connectivity index (χ1) is 11.7. The molecule has 1 fully saturated rings. The molecule has 0 saturated carbocycles. The van der Waals surface area contributed by atoms with Crippen molar-refractivity contribution in [1.29, 1.82) is 0 Å². The minimum atomic E-state index is -1.79.